The number of unbranched alkanes of at least 4 members (excludes halogenated alkanes) is 1. The molecule has 0 radical (unpaired) electrons. The topological polar surface area (TPSA) is 121 Å². The molecule has 0 saturated heterocycles. The number of carbonyl (C=O) groups excluding carboxylic acids is 1. The van der Waals surface area contributed by atoms with Crippen molar-refractivity contribution in [2.24, 2.45) is 0 Å². The smallest absolute Gasteiger partial charge is 0.258 e. The summed E-state index contributed by atoms with van der Waals surface area (Å²) in [6, 6.07) is 10.1. The van der Waals surface area contributed by atoms with Gasteiger partial charge in [0.25, 0.3) is 5.89 Å². The number of ether oxygens (including phenoxy) is 1. The van der Waals surface area contributed by atoms with Crippen molar-refractivity contribution in [3.05, 3.63) is 52.6 Å². The number of aromatic nitrogens is 2. The van der Waals surface area contributed by atoms with Crippen molar-refractivity contribution in [1.82, 2.24) is 20.4 Å². The fourth-order valence-electron chi connectivity index (χ4n) is 4.20. The van der Waals surface area contributed by atoms with E-state index in [9.17, 15) is 9.90 Å². The molecule has 0 aliphatic rings. The van der Waals surface area contributed by atoms with Gasteiger partial charge in [0, 0.05) is 24.2 Å². The van der Waals surface area contributed by atoms with Gasteiger partial charge in [0.1, 0.15) is 25.1 Å². The van der Waals surface area contributed by atoms with Crippen LogP contribution in [0, 0.1) is 13.8 Å². The molecule has 1 atom stereocenters. The van der Waals surface area contributed by atoms with Gasteiger partial charge in [-0.25, -0.2) is 0 Å². The SMILES string of the molecule is CCCCN(C)Cc1cc(-c2nc(-c3cc(C)c(OC[C@@H](O)CNC(=O)CO)c(CC)c3)no2)ccc1C. The number of aliphatic hydroxyl groups is 2. The first-order valence-electron chi connectivity index (χ1n) is 13.2. The largest absolute Gasteiger partial charge is 0.490 e. The molecule has 3 rings (SSSR count). The lowest BCUT2D eigenvalue weighted by Gasteiger charge is -2.18. The average molecular weight is 525 g/mol. The van der Waals surface area contributed by atoms with Gasteiger partial charge in [0.2, 0.25) is 11.7 Å². The molecule has 1 amide bonds. The normalized spacial score (nSPS) is 12.1. The van der Waals surface area contributed by atoms with Crippen LogP contribution in [-0.2, 0) is 17.8 Å². The van der Waals surface area contributed by atoms with E-state index in [1.54, 1.807) is 0 Å². The Kier molecular flexibility index (Phi) is 10.8. The fourth-order valence-corrected chi connectivity index (χ4v) is 4.20. The molecule has 206 valence electrons. The summed E-state index contributed by atoms with van der Waals surface area (Å²) in [7, 11) is 2.14. The van der Waals surface area contributed by atoms with Crippen LogP contribution in [0.5, 0.6) is 5.75 Å². The predicted molar refractivity (Wildman–Crippen MR) is 147 cm³/mol. The first-order valence-corrected chi connectivity index (χ1v) is 13.2. The van der Waals surface area contributed by atoms with Crippen molar-refractivity contribution in [1.29, 1.82) is 0 Å². The predicted octanol–water partition coefficient (Wildman–Crippen LogP) is 3.66. The summed E-state index contributed by atoms with van der Waals surface area (Å²) in [5.74, 6) is 1.11. The second-order valence-electron chi connectivity index (χ2n) is 9.72. The second kappa shape index (κ2) is 14.0. The zero-order valence-electron chi connectivity index (χ0n) is 23.1. The quantitative estimate of drug-likeness (QED) is 0.292. The number of nitrogens with one attached hydrogen (secondary N) is 1. The number of carbonyl (C=O) groups is 1. The lowest BCUT2D eigenvalue weighted by atomic mass is 10.0. The van der Waals surface area contributed by atoms with Crippen LogP contribution in [0.25, 0.3) is 22.8 Å². The molecule has 1 heterocycles. The fraction of sp³-hybridized carbons (Fsp3) is 0.483. The highest BCUT2D eigenvalue weighted by molar-refractivity contribution is 5.76. The molecule has 9 nitrogen and oxygen atoms in total. The third-order valence-electron chi connectivity index (χ3n) is 6.44. The molecule has 0 aliphatic carbocycles. The van der Waals surface area contributed by atoms with Crippen LogP contribution < -0.4 is 10.1 Å². The van der Waals surface area contributed by atoms with Gasteiger partial charge in [-0.05, 0) is 86.8 Å². The van der Waals surface area contributed by atoms with Crippen LogP contribution in [0.15, 0.2) is 34.9 Å². The summed E-state index contributed by atoms with van der Waals surface area (Å²) >= 11 is 0. The monoisotopic (exact) mass is 524 g/mol. The Balaban J connectivity index is 1.76. The molecule has 0 bridgehead atoms. The van der Waals surface area contributed by atoms with Gasteiger partial charge in [-0.1, -0.05) is 31.5 Å². The lowest BCUT2D eigenvalue weighted by molar-refractivity contribution is -0.124. The first-order chi connectivity index (χ1) is 18.2. The number of nitrogens with zero attached hydrogens (tertiary/aromatic N) is 3. The van der Waals surface area contributed by atoms with Gasteiger partial charge >= 0.3 is 0 Å². The van der Waals surface area contributed by atoms with Crippen LogP contribution >= 0.6 is 0 Å². The Morgan fingerprint density at radius 3 is 2.61 bits per heavy atom. The second-order valence-corrected chi connectivity index (χ2v) is 9.72. The zero-order chi connectivity index (χ0) is 27.7. The van der Waals surface area contributed by atoms with E-state index in [4.69, 9.17) is 14.4 Å². The Bertz CT molecular complexity index is 1210. The number of amides is 1. The van der Waals surface area contributed by atoms with E-state index < -0.39 is 18.6 Å². The molecular weight excluding hydrogens is 484 g/mol. The molecule has 0 spiro atoms. The molecule has 2 aromatic carbocycles. The molecule has 0 saturated carbocycles. The third kappa shape index (κ3) is 7.86. The van der Waals surface area contributed by atoms with E-state index in [2.05, 4.69) is 53.4 Å². The van der Waals surface area contributed by atoms with Crippen molar-refractivity contribution >= 4 is 5.91 Å². The van der Waals surface area contributed by atoms with Gasteiger partial charge in [-0.3, -0.25) is 4.79 Å². The molecule has 0 unspecified atom stereocenters. The van der Waals surface area contributed by atoms with E-state index in [1.807, 2.05) is 32.0 Å². The van der Waals surface area contributed by atoms with Crippen LogP contribution in [0.3, 0.4) is 0 Å². The van der Waals surface area contributed by atoms with Crippen molar-refractivity contribution in [3.8, 4) is 28.6 Å². The van der Waals surface area contributed by atoms with Crippen molar-refractivity contribution in [3.63, 3.8) is 0 Å². The van der Waals surface area contributed by atoms with E-state index in [-0.39, 0.29) is 13.2 Å². The number of hydrogen-bond acceptors (Lipinski definition) is 8. The highest BCUT2D eigenvalue weighted by Gasteiger charge is 2.17. The van der Waals surface area contributed by atoms with Gasteiger partial charge < -0.3 is 29.7 Å². The summed E-state index contributed by atoms with van der Waals surface area (Å²) < 4.78 is 11.6. The minimum absolute atomic E-state index is 0.000624. The summed E-state index contributed by atoms with van der Waals surface area (Å²) in [5, 5.41) is 25.6. The minimum atomic E-state index is -0.903. The summed E-state index contributed by atoms with van der Waals surface area (Å²) in [6.45, 7) is 9.59. The third-order valence-corrected chi connectivity index (χ3v) is 6.44. The first kappa shape index (κ1) is 29.3. The van der Waals surface area contributed by atoms with Crippen LogP contribution in [-0.4, -0.2) is 70.6 Å². The van der Waals surface area contributed by atoms with Crippen LogP contribution in [0.1, 0.15) is 48.9 Å². The maximum atomic E-state index is 11.2. The van der Waals surface area contributed by atoms with E-state index in [1.165, 1.54) is 24.0 Å². The Morgan fingerprint density at radius 1 is 1.13 bits per heavy atom. The van der Waals surface area contributed by atoms with Gasteiger partial charge in [0.15, 0.2) is 0 Å². The minimum Gasteiger partial charge on any atom is -0.490 e. The van der Waals surface area contributed by atoms with Crippen LogP contribution in [0.4, 0.5) is 0 Å². The maximum Gasteiger partial charge on any atom is 0.258 e. The lowest BCUT2D eigenvalue weighted by Crippen LogP contribution is -2.36. The Morgan fingerprint density at radius 2 is 1.89 bits per heavy atom. The standard InChI is InChI=1S/C29H40N4O5/c1-6-8-11-33(5)16-24-14-22(10-9-19(24)3)29-31-28(32-38-29)23-12-20(4)27(21(7-2)13-23)37-18-25(35)15-30-26(36)17-34/h9-10,12-14,25,34-35H,6-8,11,15-18H2,1-5H3,(H,30,36)/t25-/m0/s1. The van der Waals surface area contributed by atoms with Crippen molar-refractivity contribution in [2.75, 3.05) is 33.4 Å². The highest BCUT2D eigenvalue weighted by Crippen LogP contribution is 2.31. The van der Waals surface area contributed by atoms with E-state index >= 15 is 0 Å². The molecule has 0 aliphatic heterocycles. The van der Waals surface area contributed by atoms with Crippen LogP contribution in [0.2, 0.25) is 0 Å². The molecule has 0 fully saturated rings. The van der Waals surface area contributed by atoms with Gasteiger partial charge in [-0.15, -0.1) is 0 Å². The molecular formula is C29H40N4O5. The maximum absolute atomic E-state index is 11.2. The van der Waals surface area contributed by atoms with E-state index in [0.717, 1.165) is 35.3 Å². The molecule has 38 heavy (non-hydrogen) atoms. The van der Waals surface area contributed by atoms with Crippen molar-refractivity contribution < 1.29 is 24.3 Å². The van der Waals surface area contributed by atoms with Gasteiger partial charge in [0.05, 0.1) is 0 Å². The number of rotatable bonds is 14. The number of aliphatic hydroxyl groups excluding tert-OH is 2. The molecule has 3 aromatic rings. The van der Waals surface area contributed by atoms with Crippen molar-refractivity contribution in [2.45, 2.75) is 59.6 Å². The summed E-state index contributed by atoms with van der Waals surface area (Å²) in [6.07, 6.45) is 2.15. The Hall–Kier alpha value is -3.27. The summed E-state index contributed by atoms with van der Waals surface area (Å²) in [4.78, 5) is 18.2. The number of benzene rings is 2. The highest BCUT2D eigenvalue weighted by atomic mass is 16.5. The van der Waals surface area contributed by atoms with E-state index in [0.29, 0.717) is 23.9 Å². The molecule has 9 heteroatoms. The number of aryl methyl sites for hydroxylation is 3. The zero-order valence-corrected chi connectivity index (χ0v) is 23.1. The number of hydrogen-bond donors (Lipinski definition) is 3. The molecule has 3 N–H and O–H groups in total. The average Bonchev–Trinajstić information content (AvgIpc) is 3.41. The summed E-state index contributed by atoms with van der Waals surface area (Å²) in [5.41, 5.74) is 6.02. The Labute approximate surface area is 224 Å². The molecule has 1 aromatic heterocycles. The van der Waals surface area contributed by atoms with Gasteiger partial charge in [-0.2, -0.15) is 4.98 Å².